The fourth-order valence-electron chi connectivity index (χ4n) is 2.78. The van der Waals surface area contributed by atoms with Crippen LogP contribution in [0.1, 0.15) is 20.7 Å². The number of fused-ring (bicyclic) bond motifs is 1. The van der Waals surface area contributed by atoms with Gasteiger partial charge in [0.2, 0.25) is 0 Å². The highest BCUT2D eigenvalue weighted by Gasteiger charge is 2.38. The molecule has 1 aliphatic heterocycles. The molecule has 0 spiro atoms. The van der Waals surface area contributed by atoms with E-state index in [0.717, 1.165) is 11.0 Å². The Morgan fingerprint density at radius 1 is 0.760 bits per heavy atom. The van der Waals surface area contributed by atoms with Crippen LogP contribution in [0.4, 0.5) is 10.1 Å². The van der Waals surface area contributed by atoms with Gasteiger partial charge in [-0.1, -0.05) is 30.3 Å². The minimum absolute atomic E-state index is 0.0788. The molecule has 4 rings (SSSR count). The number of ether oxygens (including phenoxy) is 1. The first kappa shape index (κ1) is 15.1. The van der Waals surface area contributed by atoms with Crippen molar-refractivity contribution in [1.29, 1.82) is 0 Å². The summed E-state index contributed by atoms with van der Waals surface area (Å²) in [6.07, 6.45) is 0. The number of imide groups is 1. The zero-order chi connectivity index (χ0) is 17.4. The number of carbonyl (C=O) groups excluding carboxylic acids is 2. The van der Waals surface area contributed by atoms with E-state index in [2.05, 4.69) is 0 Å². The maximum absolute atomic E-state index is 13.8. The van der Waals surface area contributed by atoms with Crippen LogP contribution in [-0.2, 0) is 0 Å². The van der Waals surface area contributed by atoms with Crippen molar-refractivity contribution < 1.29 is 18.7 Å². The monoisotopic (exact) mass is 333 g/mol. The fraction of sp³-hybridized carbons (Fsp3) is 0. The van der Waals surface area contributed by atoms with Crippen molar-refractivity contribution in [2.24, 2.45) is 0 Å². The Morgan fingerprint density at radius 2 is 1.36 bits per heavy atom. The number of anilines is 1. The molecule has 1 aliphatic rings. The smallest absolute Gasteiger partial charge is 0.266 e. The van der Waals surface area contributed by atoms with E-state index in [4.69, 9.17) is 4.74 Å². The molecule has 0 unspecified atom stereocenters. The van der Waals surface area contributed by atoms with Crippen molar-refractivity contribution in [1.82, 2.24) is 0 Å². The second-order valence-corrected chi connectivity index (χ2v) is 5.52. The number of hydrogen-bond acceptors (Lipinski definition) is 3. The van der Waals surface area contributed by atoms with Gasteiger partial charge in [0.05, 0.1) is 16.8 Å². The lowest BCUT2D eigenvalue weighted by atomic mass is 10.1. The second-order valence-electron chi connectivity index (χ2n) is 5.52. The molecule has 4 nitrogen and oxygen atoms in total. The van der Waals surface area contributed by atoms with Crippen LogP contribution in [0.5, 0.6) is 11.5 Å². The van der Waals surface area contributed by atoms with Crippen LogP contribution in [0.25, 0.3) is 0 Å². The highest BCUT2D eigenvalue weighted by atomic mass is 19.1. The Hall–Kier alpha value is -3.47. The molecule has 0 N–H and O–H groups in total. The van der Waals surface area contributed by atoms with Crippen molar-refractivity contribution in [2.45, 2.75) is 0 Å². The molecule has 0 atom stereocenters. The lowest BCUT2D eigenvalue weighted by Gasteiger charge is -2.18. The van der Waals surface area contributed by atoms with Gasteiger partial charge in [0.15, 0.2) is 5.75 Å². The van der Waals surface area contributed by atoms with E-state index in [9.17, 15) is 14.0 Å². The van der Waals surface area contributed by atoms with Gasteiger partial charge < -0.3 is 4.74 Å². The number of nitrogens with zero attached hydrogens (tertiary/aromatic N) is 1. The Labute approximate surface area is 143 Å². The predicted octanol–water partition coefficient (Wildman–Crippen LogP) is 4.42. The Bertz CT molecular complexity index is 950. The molecule has 1 heterocycles. The summed E-state index contributed by atoms with van der Waals surface area (Å²) in [4.78, 5) is 26.3. The summed E-state index contributed by atoms with van der Waals surface area (Å²) >= 11 is 0. The van der Waals surface area contributed by atoms with E-state index in [1.165, 1.54) is 12.1 Å². The molecule has 5 heteroatoms. The van der Waals surface area contributed by atoms with Crippen molar-refractivity contribution >= 4 is 17.5 Å². The Kier molecular flexibility index (Phi) is 3.54. The lowest BCUT2D eigenvalue weighted by Crippen LogP contribution is -2.29. The normalized spacial score (nSPS) is 13.1. The number of halogens is 1. The van der Waals surface area contributed by atoms with Gasteiger partial charge in [0.25, 0.3) is 11.8 Å². The maximum Gasteiger partial charge on any atom is 0.266 e. The quantitative estimate of drug-likeness (QED) is 0.667. The number of amides is 2. The van der Waals surface area contributed by atoms with Crippen LogP contribution >= 0.6 is 0 Å². The minimum atomic E-state index is -0.563. The lowest BCUT2D eigenvalue weighted by molar-refractivity contribution is 0.0925. The molecule has 0 saturated heterocycles. The first-order valence-electron chi connectivity index (χ1n) is 7.65. The third kappa shape index (κ3) is 2.55. The first-order chi connectivity index (χ1) is 12.1. The predicted molar refractivity (Wildman–Crippen MR) is 90.5 cm³/mol. The van der Waals surface area contributed by atoms with Gasteiger partial charge in [-0.3, -0.25) is 9.59 Å². The number of hydrogen-bond donors (Lipinski definition) is 0. The molecular weight excluding hydrogens is 321 g/mol. The van der Waals surface area contributed by atoms with Crippen LogP contribution < -0.4 is 9.64 Å². The molecule has 3 aromatic carbocycles. The average molecular weight is 333 g/mol. The van der Waals surface area contributed by atoms with Crippen LogP contribution in [0, 0.1) is 5.82 Å². The van der Waals surface area contributed by atoms with Gasteiger partial charge in [-0.25, -0.2) is 9.29 Å². The van der Waals surface area contributed by atoms with Crippen LogP contribution in [-0.4, -0.2) is 11.8 Å². The van der Waals surface area contributed by atoms with Gasteiger partial charge in [-0.15, -0.1) is 0 Å². The fourth-order valence-corrected chi connectivity index (χ4v) is 2.78. The standard InChI is InChI=1S/C20H12FNO3/c21-13-10-11-18(25-14-6-2-1-3-7-14)17(12-13)22-19(23)15-8-4-5-9-16(15)20(22)24/h1-12H. The molecule has 2 amide bonds. The minimum Gasteiger partial charge on any atom is -0.455 e. The SMILES string of the molecule is O=C1c2ccccc2C(=O)N1c1cc(F)ccc1Oc1ccccc1. The second kappa shape index (κ2) is 5.87. The summed E-state index contributed by atoms with van der Waals surface area (Å²) in [6.45, 7) is 0. The zero-order valence-electron chi connectivity index (χ0n) is 13.0. The summed E-state index contributed by atoms with van der Waals surface area (Å²) in [6, 6.07) is 19.1. The molecule has 3 aromatic rings. The molecule has 0 aromatic heterocycles. The largest absolute Gasteiger partial charge is 0.455 e. The summed E-state index contributed by atoms with van der Waals surface area (Å²) < 4.78 is 19.6. The maximum atomic E-state index is 13.8. The first-order valence-corrected chi connectivity index (χ1v) is 7.65. The molecule has 0 fully saturated rings. The van der Waals surface area contributed by atoms with Crippen molar-refractivity contribution in [3.05, 3.63) is 89.7 Å². The molecule has 0 aliphatic carbocycles. The van der Waals surface area contributed by atoms with E-state index in [-0.39, 0.29) is 11.4 Å². The van der Waals surface area contributed by atoms with E-state index in [1.807, 2.05) is 6.07 Å². The topological polar surface area (TPSA) is 46.6 Å². The third-order valence-corrected chi connectivity index (χ3v) is 3.93. The molecule has 0 bridgehead atoms. The van der Waals surface area contributed by atoms with Crippen LogP contribution in [0.2, 0.25) is 0 Å². The highest BCUT2D eigenvalue weighted by Crippen LogP contribution is 2.37. The van der Waals surface area contributed by atoms with Gasteiger partial charge in [-0.2, -0.15) is 0 Å². The summed E-state index contributed by atoms with van der Waals surface area (Å²) in [5, 5.41) is 0. The van der Waals surface area contributed by atoms with Crippen LogP contribution in [0.3, 0.4) is 0 Å². The summed E-state index contributed by atoms with van der Waals surface area (Å²) in [5.41, 5.74) is 0.667. The zero-order valence-corrected chi connectivity index (χ0v) is 13.0. The Morgan fingerprint density at radius 3 is 2.00 bits per heavy atom. The van der Waals surface area contributed by atoms with Crippen molar-refractivity contribution in [3.63, 3.8) is 0 Å². The van der Waals surface area contributed by atoms with E-state index >= 15 is 0 Å². The number of rotatable bonds is 3. The Balaban J connectivity index is 1.80. The van der Waals surface area contributed by atoms with E-state index in [0.29, 0.717) is 16.9 Å². The van der Waals surface area contributed by atoms with Gasteiger partial charge in [-0.05, 0) is 36.4 Å². The number of para-hydroxylation sites is 1. The van der Waals surface area contributed by atoms with Crippen molar-refractivity contribution in [2.75, 3.05) is 4.90 Å². The third-order valence-electron chi connectivity index (χ3n) is 3.93. The average Bonchev–Trinajstić information content (AvgIpc) is 2.89. The number of carbonyl (C=O) groups is 2. The van der Waals surface area contributed by atoms with E-state index < -0.39 is 17.6 Å². The van der Waals surface area contributed by atoms with Gasteiger partial charge in [0, 0.05) is 6.07 Å². The number of benzene rings is 3. The van der Waals surface area contributed by atoms with Gasteiger partial charge in [0.1, 0.15) is 11.6 Å². The molecule has 0 saturated carbocycles. The summed E-state index contributed by atoms with van der Waals surface area (Å²) in [7, 11) is 0. The molecular formula is C20H12FNO3. The molecule has 0 radical (unpaired) electrons. The van der Waals surface area contributed by atoms with Crippen molar-refractivity contribution in [3.8, 4) is 11.5 Å². The van der Waals surface area contributed by atoms with Gasteiger partial charge >= 0.3 is 0 Å². The summed E-state index contributed by atoms with van der Waals surface area (Å²) in [5.74, 6) is -0.811. The highest BCUT2D eigenvalue weighted by molar-refractivity contribution is 6.34. The molecule has 25 heavy (non-hydrogen) atoms. The van der Waals surface area contributed by atoms with Crippen LogP contribution in [0.15, 0.2) is 72.8 Å². The molecule has 122 valence electrons. The van der Waals surface area contributed by atoms with E-state index in [1.54, 1.807) is 48.5 Å².